The lowest BCUT2D eigenvalue weighted by molar-refractivity contribution is 0.714. The second-order valence-electron chi connectivity index (χ2n) is 2.32. The van der Waals surface area contributed by atoms with E-state index < -0.39 is 0 Å². The van der Waals surface area contributed by atoms with Gasteiger partial charge in [0.2, 0.25) is 0 Å². The molecule has 0 aromatic heterocycles. The third-order valence-corrected chi connectivity index (χ3v) is 2.31. The normalized spacial score (nSPS) is 13.7. The maximum Gasteiger partial charge on any atom is 0.0138 e. The van der Waals surface area contributed by atoms with Crippen LogP contribution >= 0.6 is 11.8 Å². The van der Waals surface area contributed by atoms with E-state index >= 15 is 0 Å². The maximum atomic E-state index is 2.29. The van der Waals surface area contributed by atoms with E-state index in [1.807, 2.05) is 11.8 Å². The van der Waals surface area contributed by atoms with Gasteiger partial charge in [-0.2, -0.15) is 11.8 Å². The molecule has 0 bridgehead atoms. The molecule has 0 N–H and O–H groups in total. The molecule has 0 aliphatic rings. The van der Waals surface area contributed by atoms with Crippen molar-refractivity contribution in [2.24, 2.45) is 0 Å². The molecular weight excluding hydrogens is 128 g/mol. The summed E-state index contributed by atoms with van der Waals surface area (Å²) in [7, 11) is 0. The summed E-state index contributed by atoms with van der Waals surface area (Å²) < 4.78 is 0. The molecule has 1 heteroatoms. The zero-order valence-electron chi connectivity index (χ0n) is 6.68. The standard InChI is InChI=1S/C8H17S/c1-4-6-7-8(3)9-5-2/h5,8H,4,6-7H2,1-3H3. The van der Waals surface area contributed by atoms with Gasteiger partial charge in [0, 0.05) is 11.0 Å². The Bertz CT molecular complexity index is 52.5. The Morgan fingerprint density at radius 3 is 2.67 bits per heavy atom. The van der Waals surface area contributed by atoms with Crippen molar-refractivity contribution in [1.29, 1.82) is 0 Å². The van der Waals surface area contributed by atoms with Crippen molar-refractivity contribution in [3.63, 3.8) is 0 Å². The van der Waals surface area contributed by atoms with E-state index in [4.69, 9.17) is 0 Å². The van der Waals surface area contributed by atoms with Gasteiger partial charge in [-0.25, -0.2) is 0 Å². The molecule has 0 aliphatic carbocycles. The fourth-order valence-corrected chi connectivity index (χ4v) is 1.56. The molecule has 9 heavy (non-hydrogen) atoms. The van der Waals surface area contributed by atoms with Gasteiger partial charge in [0.1, 0.15) is 0 Å². The van der Waals surface area contributed by atoms with Crippen LogP contribution in [-0.4, -0.2) is 5.25 Å². The molecule has 0 aliphatic heterocycles. The lowest BCUT2D eigenvalue weighted by Gasteiger charge is -2.06. The minimum Gasteiger partial charge on any atom is -0.155 e. The highest BCUT2D eigenvalue weighted by Gasteiger charge is 1.97. The summed E-state index contributed by atoms with van der Waals surface area (Å²) >= 11 is 1.95. The van der Waals surface area contributed by atoms with Gasteiger partial charge in [0.05, 0.1) is 0 Å². The molecule has 0 fully saturated rings. The first-order chi connectivity index (χ1) is 4.31. The van der Waals surface area contributed by atoms with E-state index in [2.05, 4.69) is 26.5 Å². The summed E-state index contributed by atoms with van der Waals surface area (Å²) in [5.74, 6) is 2.18. The summed E-state index contributed by atoms with van der Waals surface area (Å²) in [6, 6.07) is 0. The van der Waals surface area contributed by atoms with Gasteiger partial charge in [0.25, 0.3) is 0 Å². The third kappa shape index (κ3) is 6.23. The van der Waals surface area contributed by atoms with Crippen molar-refractivity contribution in [3.05, 3.63) is 5.75 Å². The van der Waals surface area contributed by atoms with Crippen molar-refractivity contribution in [2.75, 3.05) is 0 Å². The van der Waals surface area contributed by atoms with Crippen LogP contribution in [-0.2, 0) is 0 Å². The quantitative estimate of drug-likeness (QED) is 0.570. The monoisotopic (exact) mass is 145 g/mol. The van der Waals surface area contributed by atoms with Crippen LogP contribution in [0.3, 0.4) is 0 Å². The van der Waals surface area contributed by atoms with E-state index in [1.54, 1.807) is 0 Å². The summed E-state index contributed by atoms with van der Waals surface area (Å²) in [4.78, 5) is 0. The predicted octanol–water partition coefficient (Wildman–Crippen LogP) is 3.48. The summed E-state index contributed by atoms with van der Waals surface area (Å²) in [5, 5.41) is 0.829. The Labute approximate surface area is 63.4 Å². The van der Waals surface area contributed by atoms with Crippen LogP contribution in [0.15, 0.2) is 0 Å². The molecule has 0 heterocycles. The second-order valence-corrected chi connectivity index (χ2v) is 3.87. The third-order valence-electron chi connectivity index (χ3n) is 1.33. The van der Waals surface area contributed by atoms with Crippen LogP contribution in [0.2, 0.25) is 0 Å². The topological polar surface area (TPSA) is 0 Å². The van der Waals surface area contributed by atoms with Crippen molar-refractivity contribution >= 4 is 11.8 Å². The number of hydrogen-bond acceptors (Lipinski definition) is 1. The van der Waals surface area contributed by atoms with E-state index in [0.717, 1.165) is 5.25 Å². The average molecular weight is 145 g/mol. The highest BCUT2D eigenvalue weighted by molar-refractivity contribution is 8.01. The first kappa shape index (κ1) is 9.35. The van der Waals surface area contributed by atoms with Gasteiger partial charge < -0.3 is 0 Å². The highest BCUT2D eigenvalue weighted by Crippen LogP contribution is 2.18. The van der Waals surface area contributed by atoms with Crippen molar-refractivity contribution in [2.45, 2.75) is 45.3 Å². The maximum absolute atomic E-state index is 2.29. The van der Waals surface area contributed by atoms with E-state index in [1.165, 1.54) is 19.3 Å². The van der Waals surface area contributed by atoms with Crippen LogP contribution in [0.1, 0.15) is 40.0 Å². The number of hydrogen-bond donors (Lipinski definition) is 0. The zero-order valence-corrected chi connectivity index (χ0v) is 7.50. The lowest BCUT2D eigenvalue weighted by atomic mass is 10.2. The Morgan fingerprint density at radius 1 is 1.56 bits per heavy atom. The van der Waals surface area contributed by atoms with E-state index in [9.17, 15) is 0 Å². The summed E-state index contributed by atoms with van der Waals surface area (Å²) in [5.41, 5.74) is 0. The van der Waals surface area contributed by atoms with Crippen LogP contribution in [0.5, 0.6) is 0 Å². The zero-order chi connectivity index (χ0) is 7.11. The number of unbranched alkanes of at least 4 members (excludes halogenated alkanes) is 1. The molecule has 0 rings (SSSR count). The number of thioether (sulfide) groups is 1. The summed E-state index contributed by atoms with van der Waals surface area (Å²) in [6.07, 6.45) is 4.07. The molecular formula is C8H17S. The van der Waals surface area contributed by atoms with Crippen molar-refractivity contribution < 1.29 is 0 Å². The molecule has 0 spiro atoms. The van der Waals surface area contributed by atoms with Crippen LogP contribution in [0.25, 0.3) is 0 Å². The molecule has 0 aromatic rings. The van der Waals surface area contributed by atoms with Gasteiger partial charge in [-0.3, -0.25) is 0 Å². The average Bonchev–Trinajstić information content (AvgIpc) is 1.85. The Hall–Kier alpha value is 0.350. The molecule has 0 saturated heterocycles. The lowest BCUT2D eigenvalue weighted by Crippen LogP contribution is -1.93. The summed E-state index contributed by atoms with van der Waals surface area (Å²) in [6.45, 7) is 6.64. The minimum absolute atomic E-state index is 0.829. The second kappa shape index (κ2) is 6.47. The van der Waals surface area contributed by atoms with E-state index in [0.29, 0.717) is 0 Å². The SMILES string of the molecule is C[CH]SC(C)CCCC. The van der Waals surface area contributed by atoms with Gasteiger partial charge in [0.15, 0.2) is 0 Å². The van der Waals surface area contributed by atoms with Gasteiger partial charge in [-0.1, -0.05) is 33.6 Å². The molecule has 0 nitrogen and oxygen atoms in total. The van der Waals surface area contributed by atoms with Crippen LogP contribution in [0.4, 0.5) is 0 Å². The molecule has 1 unspecified atom stereocenters. The molecule has 0 aromatic carbocycles. The van der Waals surface area contributed by atoms with Crippen LogP contribution in [0, 0.1) is 5.75 Å². The predicted molar refractivity (Wildman–Crippen MR) is 46.6 cm³/mol. The molecule has 1 atom stereocenters. The molecule has 0 saturated carbocycles. The van der Waals surface area contributed by atoms with Crippen LogP contribution < -0.4 is 0 Å². The smallest absolute Gasteiger partial charge is 0.0138 e. The fraction of sp³-hybridized carbons (Fsp3) is 0.875. The fourth-order valence-electron chi connectivity index (χ4n) is 0.792. The molecule has 0 amide bonds. The highest BCUT2D eigenvalue weighted by atomic mass is 32.2. The van der Waals surface area contributed by atoms with E-state index in [-0.39, 0.29) is 0 Å². The Balaban J connectivity index is 2.95. The molecule has 1 radical (unpaired) electrons. The van der Waals surface area contributed by atoms with Gasteiger partial charge >= 0.3 is 0 Å². The number of rotatable bonds is 5. The van der Waals surface area contributed by atoms with Crippen molar-refractivity contribution in [1.82, 2.24) is 0 Å². The Morgan fingerprint density at radius 2 is 2.22 bits per heavy atom. The van der Waals surface area contributed by atoms with Gasteiger partial charge in [-0.15, -0.1) is 0 Å². The van der Waals surface area contributed by atoms with Gasteiger partial charge in [-0.05, 0) is 6.42 Å². The Kier molecular flexibility index (Phi) is 6.72. The molecule has 55 valence electrons. The first-order valence-corrected chi connectivity index (χ1v) is 4.68. The van der Waals surface area contributed by atoms with Crippen molar-refractivity contribution in [3.8, 4) is 0 Å². The first-order valence-electron chi connectivity index (χ1n) is 3.74. The largest absolute Gasteiger partial charge is 0.155 e. The minimum atomic E-state index is 0.829.